The second kappa shape index (κ2) is 7.84. The summed E-state index contributed by atoms with van der Waals surface area (Å²) in [6.45, 7) is -0.760. The van der Waals surface area contributed by atoms with Gasteiger partial charge >= 0.3 is 29.6 Å². The molecule has 0 saturated heterocycles. The van der Waals surface area contributed by atoms with Gasteiger partial charge in [0.05, 0.1) is 6.61 Å². The maximum absolute atomic E-state index is 9.90. The molecule has 0 aliphatic rings. The number of carbonyl (C=O) groups excluding carboxylic acids is 1. The molecule has 4 atom stereocenters. The molecule has 13 heavy (non-hydrogen) atoms. The molecule has 0 fully saturated rings. The Morgan fingerprint density at radius 1 is 1.08 bits per heavy atom. The summed E-state index contributed by atoms with van der Waals surface area (Å²) in [5.41, 5.74) is 0. The first kappa shape index (κ1) is 15.9. The van der Waals surface area contributed by atoms with Crippen LogP contribution in [0.25, 0.3) is 0 Å². The summed E-state index contributed by atoms with van der Waals surface area (Å²) in [5.74, 6) is 0. The molecule has 0 aromatic rings. The van der Waals surface area contributed by atoms with Crippen molar-refractivity contribution >= 4 is 35.8 Å². The van der Waals surface area contributed by atoms with Crippen LogP contribution in [-0.4, -0.2) is 92.4 Å². The van der Waals surface area contributed by atoms with Crippen LogP contribution in [0.2, 0.25) is 0 Å². The Bertz CT molecular complexity index is 143. The Hall–Kier alpha value is 0.470. The van der Waals surface area contributed by atoms with Crippen molar-refractivity contribution in [3.63, 3.8) is 0 Å². The van der Waals surface area contributed by atoms with Crippen molar-refractivity contribution in [3.8, 4) is 0 Å². The average Bonchev–Trinajstić information content (AvgIpc) is 2.12. The monoisotopic (exact) mass is 204 g/mol. The molecular formula is C6H13NaO6. The predicted octanol–water partition coefficient (Wildman–Crippen LogP) is -4.03. The van der Waals surface area contributed by atoms with Crippen molar-refractivity contribution in [1.82, 2.24) is 0 Å². The molecule has 0 aliphatic carbocycles. The van der Waals surface area contributed by atoms with Gasteiger partial charge in [0, 0.05) is 0 Å². The molecular weight excluding hydrogens is 191 g/mol. The van der Waals surface area contributed by atoms with Crippen LogP contribution in [-0.2, 0) is 4.79 Å². The van der Waals surface area contributed by atoms with Crippen molar-refractivity contribution in [1.29, 1.82) is 0 Å². The number of hydrogen-bond donors (Lipinski definition) is 5. The van der Waals surface area contributed by atoms with Crippen LogP contribution in [0.1, 0.15) is 0 Å². The van der Waals surface area contributed by atoms with Crippen LogP contribution in [0, 0.1) is 0 Å². The van der Waals surface area contributed by atoms with Gasteiger partial charge in [-0.15, -0.1) is 0 Å². The van der Waals surface area contributed by atoms with Gasteiger partial charge in [-0.25, -0.2) is 0 Å². The third-order valence-electron chi connectivity index (χ3n) is 1.42. The second-order valence-corrected chi connectivity index (χ2v) is 2.36. The summed E-state index contributed by atoms with van der Waals surface area (Å²) < 4.78 is 0. The van der Waals surface area contributed by atoms with Gasteiger partial charge in [-0.3, -0.25) is 0 Å². The molecule has 0 aliphatic heterocycles. The number of aliphatic hydroxyl groups excluding tert-OH is 5. The van der Waals surface area contributed by atoms with E-state index in [4.69, 9.17) is 25.5 Å². The molecule has 0 unspecified atom stereocenters. The summed E-state index contributed by atoms with van der Waals surface area (Å²) >= 11 is 0. The molecule has 0 aromatic heterocycles. The van der Waals surface area contributed by atoms with Gasteiger partial charge in [0.15, 0.2) is 6.29 Å². The van der Waals surface area contributed by atoms with Crippen LogP contribution in [0.5, 0.6) is 0 Å². The molecule has 5 N–H and O–H groups in total. The Kier molecular flexibility index (Phi) is 9.60. The first-order chi connectivity index (χ1) is 5.54. The Balaban J connectivity index is 0. The minimum atomic E-state index is -1.79. The van der Waals surface area contributed by atoms with Crippen LogP contribution in [0.15, 0.2) is 0 Å². The molecule has 7 heteroatoms. The fourth-order valence-electron chi connectivity index (χ4n) is 0.618. The predicted molar refractivity (Wildman–Crippen MR) is 44.3 cm³/mol. The van der Waals surface area contributed by atoms with Crippen molar-refractivity contribution in [2.45, 2.75) is 24.4 Å². The normalized spacial score (nSPS) is 19.5. The summed E-state index contributed by atoms with van der Waals surface area (Å²) in [7, 11) is 0. The standard InChI is InChI=1S/C6H12O6.Na.H/c7-1-3(9)5(11)6(12)4(10)2-8;;/h1,3-6,8-12H,2H2;;/t3-,4+,5-,6+;;/m0../s1. The van der Waals surface area contributed by atoms with Gasteiger partial charge in [0.1, 0.15) is 24.4 Å². The van der Waals surface area contributed by atoms with E-state index in [9.17, 15) is 4.79 Å². The summed E-state index contributed by atoms with van der Waals surface area (Å²) in [6.07, 6.45) is -6.84. The topological polar surface area (TPSA) is 118 Å². The third-order valence-corrected chi connectivity index (χ3v) is 1.42. The van der Waals surface area contributed by atoms with Crippen molar-refractivity contribution in [2.24, 2.45) is 0 Å². The van der Waals surface area contributed by atoms with Gasteiger partial charge in [-0.05, 0) is 0 Å². The molecule has 74 valence electrons. The zero-order chi connectivity index (χ0) is 9.72. The molecule has 0 heterocycles. The molecule has 0 saturated carbocycles. The van der Waals surface area contributed by atoms with E-state index in [2.05, 4.69) is 0 Å². The van der Waals surface area contributed by atoms with Crippen molar-refractivity contribution < 1.29 is 30.3 Å². The van der Waals surface area contributed by atoms with E-state index >= 15 is 0 Å². The van der Waals surface area contributed by atoms with Gasteiger partial charge in [-0.1, -0.05) is 0 Å². The summed E-state index contributed by atoms with van der Waals surface area (Å²) in [5, 5.41) is 43.5. The Morgan fingerprint density at radius 3 is 1.85 bits per heavy atom. The fourth-order valence-corrected chi connectivity index (χ4v) is 0.618. The quantitative estimate of drug-likeness (QED) is 0.230. The maximum atomic E-state index is 9.90. The van der Waals surface area contributed by atoms with Crippen LogP contribution in [0.4, 0.5) is 0 Å². The van der Waals surface area contributed by atoms with Crippen LogP contribution >= 0.6 is 0 Å². The van der Waals surface area contributed by atoms with E-state index in [1.807, 2.05) is 0 Å². The van der Waals surface area contributed by atoms with E-state index in [0.717, 1.165) is 0 Å². The molecule has 6 nitrogen and oxygen atoms in total. The van der Waals surface area contributed by atoms with Crippen LogP contribution in [0.3, 0.4) is 0 Å². The van der Waals surface area contributed by atoms with E-state index in [-0.39, 0.29) is 35.8 Å². The van der Waals surface area contributed by atoms with E-state index in [0.29, 0.717) is 0 Å². The number of carbonyl (C=O) groups is 1. The van der Waals surface area contributed by atoms with Gasteiger partial charge < -0.3 is 30.3 Å². The van der Waals surface area contributed by atoms with E-state index < -0.39 is 31.0 Å². The Morgan fingerprint density at radius 2 is 1.54 bits per heavy atom. The molecule has 0 bridgehead atoms. The van der Waals surface area contributed by atoms with Gasteiger partial charge in [0.2, 0.25) is 0 Å². The molecule has 0 radical (unpaired) electrons. The summed E-state index contributed by atoms with van der Waals surface area (Å²) in [4.78, 5) is 9.90. The first-order valence-corrected chi connectivity index (χ1v) is 3.33. The Labute approximate surface area is 97.1 Å². The number of aliphatic hydroxyl groups is 5. The zero-order valence-electron chi connectivity index (χ0n) is 6.24. The van der Waals surface area contributed by atoms with Gasteiger partial charge in [0.25, 0.3) is 0 Å². The fraction of sp³-hybridized carbons (Fsp3) is 0.833. The number of hydrogen-bond acceptors (Lipinski definition) is 6. The third kappa shape index (κ3) is 5.04. The summed E-state index contributed by atoms with van der Waals surface area (Å²) in [6, 6.07) is 0. The molecule has 0 rings (SSSR count). The average molecular weight is 204 g/mol. The number of aldehydes is 1. The molecule has 0 aromatic carbocycles. The van der Waals surface area contributed by atoms with Gasteiger partial charge in [-0.2, -0.15) is 0 Å². The molecule has 0 spiro atoms. The molecule has 0 amide bonds. The van der Waals surface area contributed by atoms with Crippen LogP contribution < -0.4 is 0 Å². The van der Waals surface area contributed by atoms with Crippen molar-refractivity contribution in [2.75, 3.05) is 6.61 Å². The first-order valence-electron chi connectivity index (χ1n) is 3.33. The minimum absolute atomic E-state index is 0. The zero-order valence-corrected chi connectivity index (χ0v) is 6.24. The SMILES string of the molecule is O=C[C@H](O)[C@H](O)[C@H](O)[C@H](O)CO.[NaH]. The second-order valence-electron chi connectivity index (χ2n) is 2.36. The van der Waals surface area contributed by atoms with Crippen molar-refractivity contribution in [3.05, 3.63) is 0 Å². The van der Waals surface area contributed by atoms with E-state index in [1.165, 1.54) is 0 Å². The van der Waals surface area contributed by atoms with E-state index in [1.54, 1.807) is 0 Å². The number of rotatable bonds is 5.